The number of carbonyl (C=O) groups excluding carboxylic acids is 1. The molecule has 0 atom stereocenters. The molecule has 0 spiro atoms. The van der Waals surface area contributed by atoms with Crippen molar-refractivity contribution in [2.45, 2.75) is 12.8 Å². The number of nitrogens with one attached hydrogen (secondary N) is 1. The van der Waals surface area contributed by atoms with Gasteiger partial charge in [0.05, 0.1) is 27.0 Å². The van der Waals surface area contributed by atoms with Crippen LogP contribution in [0.2, 0.25) is 0 Å². The first-order valence-electron chi connectivity index (χ1n) is 11.5. The van der Waals surface area contributed by atoms with Crippen LogP contribution in [0.15, 0.2) is 66.7 Å². The van der Waals surface area contributed by atoms with Crippen molar-refractivity contribution in [2.75, 3.05) is 32.4 Å². The van der Waals surface area contributed by atoms with E-state index in [1.54, 1.807) is 45.6 Å². The van der Waals surface area contributed by atoms with Crippen molar-refractivity contribution >= 4 is 17.5 Å². The van der Waals surface area contributed by atoms with E-state index in [9.17, 15) is 4.79 Å². The highest BCUT2D eigenvalue weighted by atomic mass is 16.5. The Balaban J connectivity index is 1.68. The van der Waals surface area contributed by atoms with Crippen molar-refractivity contribution in [1.82, 2.24) is 9.55 Å². The number of nitrogens with zero attached hydrogens (tertiary/aromatic N) is 2. The molecule has 0 unspecified atom stereocenters. The molecule has 0 bridgehead atoms. The zero-order valence-corrected chi connectivity index (χ0v) is 20.9. The summed E-state index contributed by atoms with van der Waals surface area (Å²) < 4.78 is 18.1. The third kappa shape index (κ3) is 5.43. The topological polar surface area (TPSA) is 101 Å². The molecular weight excluding hydrogens is 456 g/mol. The minimum Gasteiger partial charge on any atom is -0.497 e. The van der Waals surface area contributed by atoms with Crippen molar-refractivity contribution in [3.8, 4) is 17.2 Å². The Hall–Kier alpha value is -4.46. The second kappa shape index (κ2) is 10.9. The largest absolute Gasteiger partial charge is 0.497 e. The average molecular weight is 487 g/mol. The standard InChI is InChI=1S/C28H30N4O4/c1-32-24(16-19-7-14-25(35-3)26(17-19)36-4)23(15-18-5-12-22(34-2)13-6-18)30-28(32)31-27(33)20-8-10-21(29)11-9-20/h5-14,17H,15-16,29H2,1-4H3,(H,30,31,33). The molecule has 0 saturated carbocycles. The molecule has 3 aromatic carbocycles. The predicted molar refractivity (Wildman–Crippen MR) is 140 cm³/mol. The fourth-order valence-electron chi connectivity index (χ4n) is 3.99. The molecule has 0 saturated heterocycles. The summed E-state index contributed by atoms with van der Waals surface area (Å²) in [7, 11) is 6.78. The van der Waals surface area contributed by atoms with Gasteiger partial charge < -0.3 is 24.5 Å². The Labute approximate surface area is 210 Å². The van der Waals surface area contributed by atoms with Gasteiger partial charge in [-0.25, -0.2) is 4.98 Å². The molecule has 4 rings (SSSR count). The van der Waals surface area contributed by atoms with Crippen molar-refractivity contribution in [2.24, 2.45) is 7.05 Å². The molecule has 0 aliphatic carbocycles. The van der Waals surface area contributed by atoms with Gasteiger partial charge in [0, 0.05) is 36.8 Å². The van der Waals surface area contributed by atoms with Crippen LogP contribution in [0.4, 0.5) is 11.6 Å². The average Bonchev–Trinajstić information content (AvgIpc) is 3.18. The first-order valence-corrected chi connectivity index (χ1v) is 11.5. The Morgan fingerprint density at radius 1 is 0.861 bits per heavy atom. The highest BCUT2D eigenvalue weighted by Gasteiger charge is 2.19. The van der Waals surface area contributed by atoms with Crippen LogP contribution in [0.25, 0.3) is 0 Å². The summed E-state index contributed by atoms with van der Waals surface area (Å²) in [6.45, 7) is 0. The minimum atomic E-state index is -0.253. The van der Waals surface area contributed by atoms with Crippen LogP contribution >= 0.6 is 0 Å². The number of amides is 1. The second-order valence-corrected chi connectivity index (χ2v) is 8.35. The first kappa shape index (κ1) is 24.7. The van der Waals surface area contributed by atoms with Crippen molar-refractivity contribution < 1.29 is 19.0 Å². The van der Waals surface area contributed by atoms with Crippen LogP contribution in [0.3, 0.4) is 0 Å². The molecule has 186 valence electrons. The molecule has 1 amide bonds. The Morgan fingerprint density at radius 3 is 2.17 bits per heavy atom. The molecule has 0 aliphatic rings. The summed E-state index contributed by atoms with van der Waals surface area (Å²) in [6, 6.07) is 20.5. The number of benzene rings is 3. The van der Waals surface area contributed by atoms with Gasteiger partial charge in [-0.15, -0.1) is 0 Å². The van der Waals surface area contributed by atoms with E-state index in [4.69, 9.17) is 24.9 Å². The van der Waals surface area contributed by atoms with E-state index in [1.807, 2.05) is 54.1 Å². The van der Waals surface area contributed by atoms with Gasteiger partial charge in [-0.1, -0.05) is 18.2 Å². The number of hydrogen-bond donors (Lipinski definition) is 2. The van der Waals surface area contributed by atoms with Crippen LogP contribution in [0, 0.1) is 0 Å². The molecule has 3 N–H and O–H groups in total. The maximum absolute atomic E-state index is 12.9. The molecule has 0 radical (unpaired) electrons. The number of nitrogen functional groups attached to an aromatic ring is 1. The first-order chi connectivity index (χ1) is 17.4. The number of rotatable bonds is 9. The van der Waals surface area contributed by atoms with Crippen molar-refractivity contribution in [3.63, 3.8) is 0 Å². The lowest BCUT2D eigenvalue weighted by Crippen LogP contribution is -2.15. The summed E-state index contributed by atoms with van der Waals surface area (Å²) in [5.74, 6) is 2.33. The van der Waals surface area contributed by atoms with E-state index in [2.05, 4.69) is 5.32 Å². The lowest BCUT2D eigenvalue weighted by Gasteiger charge is -2.12. The van der Waals surface area contributed by atoms with E-state index in [0.29, 0.717) is 41.5 Å². The number of ether oxygens (including phenoxy) is 3. The molecule has 0 fully saturated rings. The van der Waals surface area contributed by atoms with E-state index in [0.717, 1.165) is 28.3 Å². The predicted octanol–water partition coefficient (Wildman–Crippen LogP) is 4.46. The Kier molecular flexibility index (Phi) is 7.44. The fourth-order valence-corrected chi connectivity index (χ4v) is 3.99. The van der Waals surface area contributed by atoms with Gasteiger partial charge in [0.1, 0.15) is 5.75 Å². The van der Waals surface area contributed by atoms with Gasteiger partial charge in [0.2, 0.25) is 5.95 Å². The number of aromatic nitrogens is 2. The van der Waals surface area contributed by atoms with E-state index >= 15 is 0 Å². The number of methoxy groups -OCH3 is 3. The molecule has 8 heteroatoms. The van der Waals surface area contributed by atoms with E-state index in [1.165, 1.54) is 0 Å². The van der Waals surface area contributed by atoms with E-state index < -0.39 is 0 Å². The molecule has 1 heterocycles. The van der Waals surface area contributed by atoms with Gasteiger partial charge in [0.15, 0.2) is 11.5 Å². The van der Waals surface area contributed by atoms with Crippen molar-refractivity contribution in [3.05, 3.63) is 94.8 Å². The van der Waals surface area contributed by atoms with Gasteiger partial charge >= 0.3 is 0 Å². The third-order valence-corrected chi connectivity index (χ3v) is 6.04. The smallest absolute Gasteiger partial charge is 0.257 e. The van der Waals surface area contributed by atoms with Crippen molar-refractivity contribution in [1.29, 1.82) is 0 Å². The van der Waals surface area contributed by atoms with Gasteiger partial charge in [-0.3, -0.25) is 10.1 Å². The maximum atomic E-state index is 12.9. The Bertz CT molecular complexity index is 1350. The lowest BCUT2D eigenvalue weighted by molar-refractivity contribution is 0.102. The third-order valence-electron chi connectivity index (χ3n) is 6.04. The summed E-state index contributed by atoms with van der Waals surface area (Å²) in [4.78, 5) is 17.7. The number of hydrogen-bond acceptors (Lipinski definition) is 6. The van der Waals surface area contributed by atoms with Gasteiger partial charge in [-0.2, -0.15) is 0 Å². The minimum absolute atomic E-state index is 0.253. The van der Waals surface area contributed by atoms with Crippen LogP contribution in [-0.4, -0.2) is 36.8 Å². The zero-order chi connectivity index (χ0) is 25.7. The molecule has 1 aromatic heterocycles. The SMILES string of the molecule is COc1ccc(Cc2nc(NC(=O)c3ccc(N)cc3)n(C)c2Cc2ccc(OC)c(OC)c2)cc1. The van der Waals surface area contributed by atoms with Gasteiger partial charge in [-0.05, 0) is 59.7 Å². The Morgan fingerprint density at radius 2 is 1.53 bits per heavy atom. The highest BCUT2D eigenvalue weighted by Crippen LogP contribution is 2.30. The number of nitrogens with two attached hydrogens (primary N) is 1. The van der Waals surface area contributed by atoms with Gasteiger partial charge in [0.25, 0.3) is 5.91 Å². The lowest BCUT2D eigenvalue weighted by atomic mass is 10.0. The van der Waals surface area contributed by atoms with Crippen LogP contribution in [0.1, 0.15) is 32.9 Å². The number of anilines is 2. The summed E-state index contributed by atoms with van der Waals surface area (Å²) in [6.07, 6.45) is 1.19. The monoisotopic (exact) mass is 486 g/mol. The fraction of sp³-hybridized carbons (Fsp3) is 0.214. The highest BCUT2D eigenvalue weighted by molar-refractivity contribution is 6.03. The molecule has 36 heavy (non-hydrogen) atoms. The van der Waals surface area contributed by atoms with Crippen LogP contribution in [-0.2, 0) is 19.9 Å². The van der Waals surface area contributed by atoms with E-state index in [-0.39, 0.29) is 5.91 Å². The molecule has 0 aliphatic heterocycles. The summed E-state index contributed by atoms with van der Waals surface area (Å²) in [5.41, 5.74) is 10.8. The van der Waals surface area contributed by atoms with Crippen LogP contribution in [0.5, 0.6) is 17.2 Å². The summed E-state index contributed by atoms with van der Waals surface area (Å²) >= 11 is 0. The summed E-state index contributed by atoms with van der Waals surface area (Å²) in [5, 5.41) is 2.94. The number of carbonyl (C=O) groups is 1. The molecule has 4 aromatic rings. The second-order valence-electron chi connectivity index (χ2n) is 8.35. The quantitative estimate of drug-likeness (QED) is 0.339. The molecular formula is C28H30N4O4. The maximum Gasteiger partial charge on any atom is 0.257 e. The normalized spacial score (nSPS) is 10.7. The number of imidazole rings is 1. The van der Waals surface area contributed by atoms with Crippen LogP contribution < -0.4 is 25.3 Å². The zero-order valence-electron chi connectivity index (χ0n) is 20.9. The molecule has 8 nitrogen and oxygen atoms in total.